The highest BCUT2D eigenvalue weighted by atomic mass is 32.2. The normalized spacial score (nSPS) is 17.8. The van der Waals surface area contributed by atoms with Gasteiger partial charge in [0.1, 0.15) is 11.6 Å². The number of aromatic nitrogens is 2. The third-order valence-corrected chi connectivity index (χ3v) is 5.09. The summed E-state index contributed by atoms with van der Waals surface area (Å²) in [6.07, 6.45) is 7.85. The summed E-state index contributed by atoms with van der Waals surface area (Å²) in [6.45, 7) is 2.89. The van der Waals surface area contributed by atoms with Crippen molar-refractivity contribution in [3.8, 4) is 0 Å². The van der Waals surface area contributed by atoms with Crippen molar-refractivity contribution in [3.05, 3.63) is 41.9 Å². The Bertz CT molecular complexity index is 697. The lowest BCUT2D eigenvalue weighted by Crippen LogP contribution is -2.39. The monoisotopic (exact) mass is 363 g/mol. The second-order valence-corrected chi connectivity index (χ2v) is 7.13. The van der Waals surface area contributed by atoms with Crippen LogP contribution in [0.25, 0.3) is 0 Å². The van der Waals surface area contributed by atoms with Crippen LogP contribution in [0, 0.1) is 0 Å². The topological polar surface area (TPSA) is 60.5 Å². The predicted octanol–water partition coefficient (Wildman–Crippen LogP) is 3.01. The Morgan fingerprint density at radius 1 is 1.48 bits per heavy atom. The van der Waals surface area contributed by atoms with Gasteiger partial charge in [-0.05, 0) is 31.2 Å². The molecule has 0 unspecified atom stereocenters. The van der Waals surface area contributed by atoms with E-state index in [9.17, 15) is 4.79 Å². The van der Waals surface area contributed by atoms with Crippen LogP contribution in [-0.4, -0.2) is 53.4 Å². The molecule has 0 spiro atoms. The third kappa shape index (κ3) is 4.27. The zero-order valence-electron chi connectivity index (χ0n) is 14.8. The van der Waals surface area contributed by atoms with Crippen molar-refractivity contribution in [3.63, 3.8) is 0 Å². The summed E-state index contributed by atoms with van der Waals surface area (Å²) >= 11 is 1.68. The molecule has 1 aliphatic rings. The van der Waals surface area contributed by atoms with Gasteiger partial charge in [-0.25, -0.2) is 4.98 Å². The van der Waals surface area contributed by atoms with Gasteiger partial charge in [-0.15, -0.1) is 0 Å². The zero-order valence-corrected chi connectivity index (χ0v) is 15.6. The number of hydrogen-bond acceptors (Lipinski definition) is 5. The Hall–Kier alpha value is -1.73. The molecule has 0 bridgehead atoms. The van der Waals surface area contributed by atoms with Gasteiger partial charge in [-0.1, -0.05) is 0 Å². The number of imidazole rings is 1. The lowest BCUT2D eigenvalue weighted by atomic mass is 9.97. The molecule has 3 heterocycles. The molecule has 0 N–H and O–H groups in total. The van der Waals surface area contributed by atoms with Crippen LogP contribution >= 0.6 is 11.8 Å². The van der Waals surface area contributed by atoms with Gasteiger partial charge in [0.15, 0.2) is 5.76 Å². The number of amides is 1. The Labute approximate surface area is 152 Å². The minimum atomic E-state index is -0.0212. The third-order valence-electron chi connectivity index (χ3n) is 4.52. The maximum absolute atomic E-state index is 12.8. The van der Waals surface area contributed by atoms with Crippen molar-refractivity contribution in [1.82, 2.24) is 14.5 Å². The fourth-order valence-corrected chi connectivity index (χ4v) is 3.74. The number of carbonyl (C=O) groups excluding carboxylic acids is 1. The van der Waals surface area contributed by atoms with Crippen LogP contribution in [0.5, 0.6) is 0 Å². The van der Waals surface area contributed by atoms with E-state index in [2.05, 4.69) is 9.55 Å². The molecule has 1 fully saturated rings. The first kappa shape index (κ1) is 18.1. The number of thioether (sulfide) groups is 1. The first-order valence-corrected chi connectivity index (χ1v) is 9.99. The van der Waals surface area contributed by atoms with E-state index in [0.717, 1.165) is 43.3 Å². The van der Waals surface area contributed by atoms with Crippen LogP contribution in [-0.2, 0) is 17.0 Å². The summed E-state index contributed by atoms with van der Waals surface area (Å²) in [6, 6.07) is 3.68. The Morgan fingerprint density at radius 3 is 3.16 bits per heavy atom. The minimum Gasteiger partial charge on any atom is -0.455 e. The highest BCUT2D eigenvalue weighted by molar-refractivity contribution is 7.97. The molecule has 0 aromatic carbocycles. The van der Waals surface area contributed by atoms with Gasteiger partial charge in [0.2, 0.25) is 0 Å². The smallest absolute Gasteiger partial charge is 0.289 e. The quantitative estimate of drug-likeness (QED) is 0.757. The van der Waals surface area contributed by atoms with E-state index in [0.29, 0.717) is 18.9 Å². The molecule has 3 rings (SSSR count). The van der Waals surface area contributed by atoms with Gasteiger partial charge in [0, 0.05) is 45.1 Å². The van der Waals surface area contributed by atoms with Gasteiger partial charge < -0.3 is 18.6 Å². The molecule has 6 nitrogen and oxygen atoms in total. The second kappa shape index (κ2) is 8.58. The number of rotatable bonds is 7. The number of likely N-dealkylation sites (tertiary alicyclic amines) is 1. The molecule has 25 heavy (non-hydrogen) atoms. The van der Waals surface area contributed by atoms with Gasteiger partial charge in [-0.3, -0.25) is 4.79 Å². The van der Waals surface area contributed by atoms with Crippen molar-refractivity contribution >= 4 is 17.7 Å². The van der Waals surface area contributed by atoms with Crippen molar-refractivity contribution in [2.45, 2.75) is 31.1 Å². The molecule has 0 aliphatic carbocycles. The summed E-state index contributed by atoms with van der Waals surface area (Å²) < 4.78 is 13.0. The van der Waals surface area contributed by atoms with Crippen molar-refractivity contribution in [2.75, 3.05) is 33.1 Å². The Balaban J connectivity index is 1.68. The van der Waals surface area contributed by atoms with Crippen LogP contribution in [0.1, 0.15) is 40.9 Å². The number of methoxy groups -OCH3 is 1. The van der Waals surface area contributed by atoms with E-state index in [-0.39, 0.29) is 11.8 Å². The molecular weight excluding hydrogens is 338 g/mol. The molecule has 0 radical (unpaired) electrons. The van der Waals surface area contributed by atoms with Crippen LogP contribution in [0.4, 0.5) is 0 Å². The molecule has 0 saturated carbocycles. The molecule has 1 atom stereocenters. The number of furan rings is 1. The number of ether oxygens (including phenoxy) is 1. The van der Waals surface area contributed by atoms with E-state index < -0.39 is 0 Å². The van der Waals surface area contributed by atoms with Gasteiger partial charge in [0.05, 0.1) is 12.4 Å². The summed E-state index contributed by atoms with van der Waals surface area (Å²) in [5.41, 5.74) is 0. The largest absolute Gasteiger partial charge is 0.455 e. The molecule has 1 aliphatic heterocycles. The number of piperidine rings is 1. The lowest BCUT2D eigenvalue weighted by molar-refractivity contribution is 0.0669. The minimum absolute atomic E-state index is 0.0212. The van der Waals surface area contributed by atoms with Crippen molar-refractivity contribution in [2.24, 2.45) is 0 Å². The number of nitrogens with zero attached hydrogens (tertiary/aromatic N) is 3. The molecule has 2 aromatic heterocycles. The molecule has 136 valence electrons. The van der Waals surface area contributed by atoms with E-state index in [1.807, 2.05) is 29.6 Å². The molecular formula is C18H25N3O3S. The highest BCUT2D eigenvalue weighted by Crippen LogP contribution is 2.27. The Morgan fingerprint density at radius 2 is 2.36 bits per heavy atom. The maximum Gasteiger partial charge on any atom is 0.289 e. The van der Waals surface area contributed by atoms with Crippen LogP contribution in [0.2, 0.25) is 0 Å². The van der Waals surface area contributed by atoms with Crippen molar-refractivity contribution in [1.29, 1.82) is 0 Å². The fraction of sp³-hybridized carbons (Fsp3) is 0.556. The molecule has 1 amide bonds. The average Bonchev–Trinajstić information content (AvgIpc) is 3.29. The van der Waals surface area contributed by atoms with E-state index in [1.54, 1.807) is 24.9 Å². The molecule has 2 aromatic rings. The van der Waals surface area contributed by atoms with Gasteiger partial charge >= 0.3 is 0 Å². The maximum atomic E-state index is 12.8. The van der Waals surface area contributed by atoms with E-state index >= 15 is 0 Å². The lowest BCUT2D eigenvalue weighted by Gasteiger charge is -2.32. The zero-order chi connectivity index (χ0) is 17.6. The van der Waals surface area contributed by atoms with Crippen LogP contribution in [0.3, 0.4) is 0 Å². The summed E-state index contributed by atoms with van der Waals surface area (Å²) in [7, 11) is 1.70. The average molecular weight is 363 g/mol. The SMILES string of the molecule is COCCn1ccnc1[C@H]1CCCN(C(=O)c2ccc(CSC)o2)C1. The number of hydrogen-bond donors (Lipinski definition) is 0. The van der Waals surface area contributed by atoms with Crippen molar-refractivity contribution < 1.29 is 13.9 Å². The van der Waals surface area contributed by atoms with E-state index in [1.165, 1.54) is 0 Å². The first-order chi connectivity index (χ1) is 12.2. The first-order valence-electron chi connectivity index (χ1n) is 8.59. The molecule has 7 heteroatoms. The Kier molecular flexibility index (Phi) is 6.20. The predicted molar refractivity (Wildman–Crippen MR) is 97.9 cm³/mol. The van der Waals surface area contributed by atoms with E-state index in [4.69, 9.17) is 9.15 Å². The van der Waals surface area contributed by atoms with Gasteiger partial charge in [0.25, 0.3) is 5.91 Å². The van der Waals surface area contributed by atoms with Crippen LogP contribution in [0.15, 0.2) is 28.9 Å². The molecule has 1 saturated heterocycles. The summed E-state index contributed by atoms with van der Waals surface area (Å²) in [4.78, 5) is 19.2. The fourth-order valence-electron chi connectivity index (χ4n) is 3.30. The highest BCUT2D eigenvalue weighted by Gasteiger charge is 2.29. The summed E-state index contributed by atoms with van der Waals surface area (Å²) in [5, 5.41) is 0. The van der Waals surface area contributed by atoms with Gasteiger partial charge in [-0.2, -0.15) is 11.8 Å². The van der Waals surface area contributed by atoms with Crippen LogP contribution < -0.4 is 0 Å². The standard InChI is InChI=1S/C18H25N3O3S/c1-23-11-10-20-9-7-19-17(20)14-4-3-8-21(12-14)18(22)16-6-5-15(24-16)13-25-2/h5-7,9,14H,3-4,8,10-13H2,1-2H3/t14-/m0/s1. The number of carbonyl (C=O) groups is 1. The summed E-state index contributed by atoms with van der Waals surface area (Å²) in [5.74, 6) is 3.34. The second-order valence-electron chi connectivity index (χ2n) is 6.26.